The number of aliphatic hydroxyl groups is 2. The maximum Gasteiger partial charge on any atom is 0.0624 e. The van der Waals surface area contributed by atoms with Gasteiger partial charge in [-0.15, -0.1) is 0 Å². The van der Waals surface area contributed by atoms with Gasteiger partial charge in [-0.05, 0) is 97.2 Å². The van der Waals surface area contributed by atoms with E-state index in [1.54, 1.807) is 0 Å². The number of hydrogen-bond acceptors (Lipinski definition) is 3. The Labute approximate surface area is 171 Å². The second kappa shape index (κ2) is 7.28. The predicted octanol–water partition coefficient (Wildman–Crippen LogP) is 5.16. The maximum atomic E-state index is 11.7. The van der Waals surface area contributed by atoms with Crippen molar-refractivity contribution in [3.8, 4) is 6.07 Å². The highest BCUT2D eigenvalue weighted by Crippen LogP contribution is 2.69. The molecular formula is C25H41NO2. The molecule has 3 nitrogen and oxygen atoms in total. The normalized spacial score (nSPS) is 54.2. The molecule has 0 aromatic heterocycles. The van der Waals surface area contributed by atoms with Crippen molar-refractivity contribution in [1.29, 1.82) is 5.26 Å². The first kappa shape index (κ1) is 20.7. The molecule has 4 aliphatic carbocycles. The van der Waals surface area contributed by atoms with Gasteiger partial charge in [0.2, 0.25) is 0 Å². The third-order valence-electron chi connectivity index (χ3n) is 10.6. The Balaban J connectivity index is 1.68. The average Bonchev–Trinajstić information content (AvgIpc) is 3.01. The summed E-state index contributed by atoms with van der Waals surface area (Å²) >= 11 is 0. The molecule has 4 aliphatic rings. The highest BCUT2D eigenvalue weighted by Gasteiger charge is 2.64. The lowest BCUT2D eigenvalue weighted by Crippen LogP contribution is -2.62. The molecule has 4 saturated carbocycles. The smallest absolute Gasteiger partial charge is 0.0624 e. The van der Waals surface area contributed by atoms with E-state index in [1.165, 1.54) is 25.7 Å². The summed E-state index contributed by atoms with van der Waals surface area (Å²) < 4.78 is 0. The third-order valence-corrected chi connectivity index (χ3v) is 10.6. The van der Waals surface area contributed by atoms with E-state index in [9.17, 15) is 15.5 Å². The highest BCUT2D eigenvalue weighted by atomic mass is 16.3. The van der Waals surface area contributed by atoms with Crippen LogP contribution in [0.15, 0.2) is 0 Å². The molecule has 2 N–H and O–H groups in total. The van der Waals surface area contributed by atoms with E-state index >= 15 is 0 Å². The van der Waals surface area contributed by atoms with E-state index in [0.29, 0.717) is 47.8 Å². The fourth-order valence-corrected chi connectivity index (χ4v) is 9.22. The number of fused-ring (bicyclic) bond motifs is 5. The van der Waals surface area contributed by atoms with E-state index in [0.717, 1.165) is 25.7 Å². The molecule has 0 spiro atoms. The molecule has 4 rings (SSSR count). The summed E-state index contributed by atoms with van der Waals surface area (Å²) in [6.07, 6.45) is 9.20. The van der Waals surface area contributed by atoms with Crippen LogP contribution in [0.5, 0.6) is 0 Å². The Morgan fingerprint density at radius 3 is 2.36 bits per heavy atom. The molecule has 0 bridgehead atoms. The van der Waals surface area contributed by atoms with Crippen LogP contribution in [-0.2, 0) is 0 Å². The second-order valence-corrected chi connectivity index (χ2v) is 11.5. The van der Waals surface area contributed by atoms with Crippen molar-refractivity contribution in [2.45, 2.75) is 97.7 Å². The van der Waals surface area contributed by atoms with Crippen molar-refractivity contribution in [3.63, 3.8) is 0 Å². The van der Waals surface area contributed by atoms with Gasteiger partial charge in [-0.2, -0.15) is 5.26 Å². The molecule has 0 radical (unpaired) electrons. The summed E-state index contributed by atoms with van der Waals surface area (Å²) in [5.41, 5.74) is 0.565. The quantitative estimate of drug-likeness (QED) is 0.703. The van der Waals surface area contributed by atoms with Gasteiger partial charge in [-0.1, -0.05) is 34.1 Å². The molecule has 0 heterocycles. The zero-order valence-corrected chi connectivity index (χ0v) is 18.4. The lowest BCUT2D eigenvalue weighted by Gasteiger charge is -2.64. The summed E-state index contributed by atoms with van der Waals surface area (Å²) in [5.74, 6) is 3.52. The van der Waals surface area contributed by atoms with Crippen molar-refractivity contribution in [2.24, 2.45) is 52.3 Å². The van der Waals surface area contributed by atoms with Gasteiger partial charge < -0.3 is 10.2 Å². The van der Waals surface area contributed by atoms with Crippen molar-refractivity contribution in [2.75, 3.05) is 0 Å². The van der Waals surface area contributed by atoms with Crippen molar-refractivity contribution >= 4 is 0 Å². The van der Waals surface area contributed by atoms with Crippen LogP contribution in [0.2, 0.25) is 0 Å². The molecule has 11 atom stereocenters. The van der Waals surface area contributed by atoms with Gasteiger partial charge >= 0.3 is 0 Å². The molecular weight excluding hydrogens is 346 g/mol. The minimum absolute atomic E-state index is 0.174. The van der Waals surface area contributed by atoms with Crippen molar-refractivity contribution in [1.82, 2.24) is 0 Å². The predicted molar refractivity (Wildman–Crippen MR) is 111 cm³/mol. The van der Waals surface area contributed by atoms with E-state index < -0.39 is 0 Å². The maximum absolute atomic E-state index is 11.7. The Morgan fingerprint density at radius 1 is 1.00 bits per heavy atom. The largest absolute Gasteiger partial charge is 0.393 e. The Morgan fingerprint density at radius 2 is 1.68 bits per heavy atom. The van der Waals surface area contributed by atoms with Gasteiger partial charge in [-0.25, -0.2) is 0 Å². The van der Waals surface area contributed by atoms with Crippen LogP contribution in [0.1, 0.15) is 85.5 Å². The minimum atomic E-state index is -0.215. The third kappa shape index (κ3) is 2.81. The van der Waals surface area contributed by atoms with E-state index in [4.69, 9.17) is 0 Å². The van der Waals surface area contributed by atoms with Gasteiger partial charge in [0.05, 0.1) is 18.3 Å². The zero-order chi connectivity index (χ0) is 20.3. The van der Waals surface area contributed by atoms with Crippen LogP contribution >= 0.6 is 0 Å². The molecule has 3 heteroatoms. The van der Waals surface area contributed by atoms with Crippen LogP contribution in [0.25, 0.3) is 0 Å². The lowest BCUT2D eigenvalue weighted by atomic mass is 9.41. The highest BCUT2D eigenvalue weighted by molar-refractivity contribution is 5.13. The van der Waals surface area contributed by atoms with Crippen LogP contribution in [0.3, 0.4) is 0 Å². The van der Waals surface area contributed by atoms with Crippen LogP contribution < -0.4 is 0 Å². The molecule has 4 unspecified atom stereocenters. The number of nitriles is 1. The van der Waals surface area contributed by atoms with E-state index in [2.05, 4.69) is 33.8 Å². The molecule has 0 aromatic rings. The summed E-state index contributed by atoms with van der Waals surface area (Å²) in [6, 6.07) is 2.41. The van der Waals surface area contributed by atoms with E-state index in [1.807, 2.05) is 0 Å². The zero-order valence-electron chi connectivity index (χ0n) is 18.4. The van der Waals surface area contributed by atoms with Crippen LogP contribution in [0, 0.1) is 63.6 Å². The summed E-state index contributed by atoms with van der Waals surface area (Å²) in [7, 11) is 0. The van der Waals surface area contributed by atoms with Gasteiger partial charge in [0.1, 0.15) is 0 Å². The first-order valence-electron chi connectivity index (χ1n) is 12.0. The van der Waals surface area contributed by atoms with Gasteiger partial charge in [-0.3, -0.25) is 0 Å². The van der Waals surface area contributed by atoms with Gasteiger partial charge in [0.25, 0.3) is 0 Å². The molecule has 0 aromatic carbocycles. The Hall–Kier alpha value is -0.590. The molecule has 0 aliphatic heterocycles. The summed E-state index contributed by atoms with van der Waals surface area (Å²) in [5, 5.41) is 31.3. The van der Waals surface area contributed by atoms with Crippen molar-refractivity contribution in [3.05, 3.63) is 0 Å². The number of aliphatic hydroxyl groups excluding tert-OH is 2. The molecule has 158 valence electrons. The van der Waals surface area contributed by atoms with Crippen LogP contribution in [-0.4, -0.2) is 22.4 Å². The SMILES string of the molecule is CC[C@H]1[C@@H](O)C2C(CC[C@@]3(C)C2CC[C@@H]3[C@H](C)CC#N)C2(C)CC[C@@H](O)C[C@@H]12. The molecule has 4 fully saturated rings. The average molecular weight is 388 g/mol. The molecule has 28 heavy (non-hydrogen) atoms. The Kier molecular flexibility index (Phi) is 5.37. The van der Waals surface area contributed by atoms with Crippen LogP contribution in [0.4, 0.5) is 0 Å². The molecule has 0 amide bonds. The minimum Gasteiger partial charge on any atom is -0.393 e. The Bertz CT molecular complexity index is 629. The number of hydrogen-bond donors (Lipinski definition) is 2. The monoisotopic (exact) mass is 387 g/mol. The number of rotatable bonds is 3. The fraction of sp³-hybridized carbons (Fsp3) is 0.960. The van der Waals surface area contributed by atoms with Gasteiger partial charge in [0, 0.05) is 6.42 Å². The first-order valence-corrected chi connectivity index (χ1v) is 12.0. The second-order valence-electron chi connectivity index (χ2n) is 11.5. The summed E-state index contributed by atoms with van der Waals surface area (Å²) in [4.78, 5) is 0. The summed E-state index contributed by atoms with van der Waals surface area (Å²) in [6.45, 7) is 9.51. The van der Waals surface area contributed by atoms with Crippen molar-refractivity contribution < 1.29 is 10.2 Å². The topological polar surface area (TPSA) is 64.2 Å². The fourth-order valence-electron chi connectivity index (χ4n) is 9.22. The number of nitrogens with zero attached hydrogens (tertiary/aromatic N) is 1. The lowest BCUT2D eigenvalue weighted by molar-refractivity contribution is -0.203. The van der Waals surface area contributed by atoms with Gasteiger partial charge in [0.15, 0.2) is 0 Å². The molecule has 0 saturated heterocycles. The first-order chi connectivity index (χ1) is 13.3. The van der Waals surface area contributed by atoms with E-state index in [-0.39, 0.29) is 23.0 Å². The standard InChI is InChI=1S/C25H41NO2/c1-5-17-21-14-16(27)8-11-25(21,4)20-9-12-24(3)18(15(2)10-13-26)6-7-19(24)22(20)23(17)28/h15-23,27-28H,5-12,14H2,1-4H3/t15-,16-,17-,18-,19?,20?,21+,22?,23-,24-,25?/m1/s1.